The normalized spacial score (nSPS) is 10.9. The van der Waals surface area contributed by atoms with E-state index in [2.05, 4.69) is 71.8 Å². The third-order valence-electron chi connectivity index (χ3n) is 5.61. The molecule has 0 atom stereocenters. The van der Waals surface area contributed by atoms with Crippen molar-refractivity contribution in [1.29, 1.82) is 0 Å². The van der Waals surface area contributed by atoms with E-state index in [1.165, 1.54) is 11.1 Å². The van der Waals surface area contributed by atoms with E-state index in [-0.39, 0.29) is 0 Å². The highest BCUT2D eigenvalue weighted by Gasteiger charge is 2.18. The predicted octanol–water partition coefficient (Wildman–Crippen LogP) is 8.16. The molecule has 0 aliphatic heterocycles. The van der Waals surface area contributed by atoms with Gasteiger partial charge >= 0.3 is 0 Å². The summed E-state index contributed by atoms with van der Waals surface area (Å²) in [6.45, 7) is 2.92. The second kappa shape index (κ2) is 10.2. The summed E-state index contributed by atoms with van der Waals surface area (Å²) < 4.78 is 0. The summed E-state index contributed by atoms with van der Waals surface area (Å²) in [6, 6.07) is 31.0. The first-order valence-electron chi connectivity index (χ1n) is 11.2. The van der Waals surface area contributed by atoms with Gasteiger partial charge in [-0.3, -0.25) is 0 Å². The lowest BCUT2D eigenvalue weighted by molar-refractivity contribution is 1.01. The summed E-state index contributed by atoms with van der Waals surface area (Å²) >= 11 is 8.18. The van der Waals surface area contributed by atoms with Crippen LogP contribution in [0.1, 0.15) is 11.1 Å². The number of nitrogens with one attached hydrogen (secondary N) is 1. The van der Waals surface area contributed by atoms with E-state index in [9.17, 15) is 0 Å². The van der Waals surface area contributed by atoms with E-state index in [1.54, 1.807) is 11.3 Å². The van der Waals surface area contributed by atoms with Gasteiger partial charge in [-0.25, -0.2) is 9.97 Å². The molecule has 0 unspecified atom stereocenters. The van der Waals surface area contributed by atoms with E-state index < -0.39 is 0 Å². The lowest BCUT2D eigenvalue weighted by atomic mass is 10.1. The van der Waals surface area contributed by atoms with Crippen molar-refractivity contribution in [3.63, 3.8) is 0 Å². The molecule has 0 amide bonds. The predicted molar refractivity (Wildman–Crippen MR) is 145 cm³/mol. The minimum absolute atomic E-state index is 0.705. The maximum absolute atomic E-state index is 6.52. The number of aryl methyl sites for hydroxylation is 1. The molecule has 3 nitrogen and oxygen atoms in total. The molecule has 5 aromatic rings. The first-order chi connectivity index (χ1) is 16.7. The molecule has 1 N–H and O–H groups in total. The Morgan fingerprint density at radius 2 is 1.68 bits per heavy atom. The Balaban J connectivity index is 1.50. The monoisotopic (exact) mass is 481 g/mol. The summed E-state index contributed by atoms with van der Waals surface area (Å²) in [7, 11) is 0. The van der Waals surface area contributed by atoms with Crippen molar-refractivity contribution >= 4 is 28.8 Å². The molecule has 3 aromatic carbocycles. The van der Waals surface area contributed by atoms with E-state index >= 15 is 0 Å². The molecular weight excluding hydrogens is 458 g/mol. The number of halogens is 1. The fourth-order valence-corrected chi connectivity index (χ4v) is 5.31. The first-order valence-corrected chi connectivity index (χ1v) is 12.4. The molecule has 0 radical (unpaired) electrons. The highest BCUT2D eigenvalue weighted by Crippen LogP contribution is 2.42. The van der Waals surface area contributed by atoms with Gasteiger partial charge in [0.05, 0.1) is 15.6 Å². The van der Waals surface area contributed by atoms with Crippen LogP contribution in [0.2, 0.25) is 5.02 Å². The Morgan fingerprint density at radius 3 is 2.50 bits per heavy atom. The van der Waals surface area contributed by atoms with E-state index in [4.69, 9.17) is 16.6 Å². The standard InChI is InChI=1S/C29H24ClN3S/c1-20-8-7-11-22(18-20)27-28(34-29(33-27)24-12-5-6-13-25(24)30)23-15-17-32-26(19-23)31-16-14-21-9-3-2-4-10-21/h2-13,15,17-19H,14,16H2,1H3,(H,31,32). The average Bonchev–Trinajstić information content (AvgIpc) is 3.31. The van der Waals surface area contributed by atoms with Crippen LogP contribution in [0.5, 0.6) is 0 Å². The molecule has 0 aliphatic carbocycles. The fraction of sp³-hybridized carbons (Fsp3) is 0.103. The number of rotatable bonds is 7. The minimum Gasteiger partial charge on any atom is -0.370 e. The Labute approximate surface area is 209 Å². The zero-order valence-electron chi connectivity index (χ0n) is 18.8. The summed E-state index contributed by atoms with van der Waals surface area (Å²) in [4.78, 5) is 10.7. The summed E-state index contributed by atoms with van der Waals surface area (Å²) in [5.74, 6) is 0.858. The number of thiazole rings is 1. The zero-order chi connectivity index (χ0) is 23.3. The Bertz CT molecular complexity index is 1410. The lowest BCUT2D eigenvalue weighted by Crippen LogP contribution is -2.06. The van der Waals surface area contributed by atoms with Gasteiger partial charge in [0.25, 0.3) is 0 Å². The highest BCUT2D eigenvalue weighted by molar-refractivity contribution is 7.19. The third-order valence-corrected chi connectivity index (χ3v) is 7.07. The number of benzene rings is 3. The van der Waals surface area contributed by atoms with Crippen LogP contribution in [0.15, 0.2) is 97.2 Å². The van der Waals surface area contributed by atoms with Gasteiger partial charge in [-0.2, -0.15) is 0 Å². The van der Waals surface area contributed by atoms with Gasteiger partial charge in [0, 0.05) is 23.9 Å². The van der Waals surface area contributed by atoms with E-state index in [0.29, 0.717) is 5.02 Å². The zero-order valence-corrected chi connectivity index (χ0v) is 20.4. The molecule has 0 saturated carbocycles. The molecule has 168 valence electrons. The van der Waals surface area contributed by atoms with Crippen LogP contribution in [-0.4, -0.2) is 16.5 Å². The quantitative estimate of drug-likeness (QED) is 0.255. The number of nitrogens with zero attached hydrogens (tertiary/aromatic N) is 2. The summed E-state index contributed by atoms with van der Waals surface area (Å²) in [6.07, 6.45) is 2.80. The van der Waals surface area contributed by atoms with Gasteiger partial charge in [0.1, 0.15) is 10.8 Å². The smallest absolute Gasteiger partial charge is 0.126 e. The van der Waals surface area contributed by atoms with Crippen molar-refractivity contribution in [3.8, 4) is 32.3 Å². The van der Waals surface area contributed by atoms with Crippen LogP contribution in [0, 0.1) is 6.92 Å². The Morgan fingerprint density at radius 1 is 0.853 bits per heavy atom. The third kappa shape index (κ3) is 5.04. The van der Waals surface area contributed by atoms with Crippen molar-refractivity contribution in [2.75, 3.05) is 11.9 Å². The SMILES string of the molecule is Cc1cccc(-c2nc(-c3ccccc3Cl)sc2-c2ccnc(NCCc3ccccc3)c2)c1. The fourth-order valence-electron chi connectivity index (χ4n) is 3.90. The van der Waals surface area contributed by atoms with Crippen molar-refractivity contribution < 1.29 is 0 Å². The highest BCUT2D eigenvalue weighted by atomic mass is 35.5. The molecule has 0 spiro atoms. The average molecular weight is 482 g/mol. The second-order valence-corrected chi connectivity index (χ2v) is 9.54. The molecule has 0 saturated heterocycles. The Kier molecular flexibility index (Phi) is 6.70. The number of pyridine rings is 1. The summed E-state index contributed by atoms with van der Waals surface area (Å²) in [5, 5.41) is 5.09. The maximum Gasteiger partial charge on any atom is 0.126 e. The van der Waals surface area contributed by atoms with Crippen LogP contribution in [0.4, 0.5) is 5.82 Å². The Hall–Kier alpha value is -3.47. The lowest BCUT2D eigenvalue weighted by Gasteiger charge is -2.08. The molecule has 5 heteroatoms. The molecule has 0 bridgehead atoms. The van der Waals surface area contributed by atoms with E-state index in [0.717, 1.165) is 51.1 Å². The number of anilines is 1. The van der Waals surface area contributed by atoms with Crippen LogP contribution >= 0.6 is 22.9 Å². The van der Waals surface area contributed by atoms with Gasteiger partial charge in [0.2, 0.25) is 0 Å². The maximum atomic E-state index is 6.52. The van der Waals surface area contributed by atoms with Gasteiger partial charge in [-0.1, -0.05) is 83.9 Å². The van der Waals surface area contributed by atoms with Crippen molar-refractivity contribution in [2.45, 2.75) is 13.3 Å². The molecule has 2 aromatic heterocycles. The topological polar surface area (TPSA) is 37.8 Å². The second-order valence-electron chi connectivity index (χ2n) is 8.14. The molecule has 5 rings (SSSR count). The van der Waals surface area contributed by atoms with Gasteiger partial charge in [0.15, 0.2) is 0 Å². The van der Waals surface area contributed by atoms with Crippen LogP contribution in [0.3, 0.4) is 0 Å². The first kappa shape index (κ1) is 22.3. The summed E-state index contributed by atoms with van der Waals surface area (Å²) in [5.41, 5.74) is 6.60. The van der Waals surface area contributed by atoms with Gasteiger partial charge in [-0.15, -0.1) is 11.3 Å². The van der Waals surface area contributed by atoms with Crippen LogP contribution < -0.4 is 5.32 Å². The van der Waals surface area contributed by atoms with Crippen molar-refractivity contribution in [2.24, 2.45) is 0 Å². The van der Waals surface area contributed by atoms with Crippen molar-refractivity contribution in [1.82, 2.24) is 9.97 Å². The number of aromatic nitrogens is 2. The van der Waals surface area contributed by atoms with E-state index in [1.807, 2.05) is 42.6 Å². The number of hydrogen-bond acceptors (Lipinski definition) is 4. The van der Waals surface area contributed by atoms with Crippen LogP contribution in [-0.2, 0) is 6.42 Å². The van der Waals surface area contributed by atoms with Gasteiger partial charge in [-0.05, 0) is 48.7 Å². The minimum atomic E-state index is 0.705. The van der Waals surface area contributed by atoms with Gasteiger partial charge < -0.3 is 5.32 Å². The van der Waals surface area contributed by atoms with Crippen molar-refractivity contribution in [3.05, 3.63) is 113 Å². The molecule has 34 heavy (non-hydrogen) atoms. The molecular formula is C29H24ClN3S. The molecule has 0 fully saturated rings. The number of hydrogen-bond donors (Lipinski definition) is 1. The largest absolute Gasteiger partial charge is 0.370 e. The molecule has 2 heterocycles. The van der Waals surface area contributed by atoms with Crippen LogP contribution in [0.25, 0.3) is 32.3 Å². The molecule has 0 aliphatic rings.